The van der Waals surface area contributed by atoms with Crippen LogP contribution in [-0.4, -0.2) is 24.6 Å². The van der Waals surface area contributed by atoms with Gasteiger partial charge in [0, 0.05) is 13.3 Å². The van der Waals surface area contributed by atoms with Gasteiger partial charge in [-0.25, -0.2) is 0 Å². The van der Waals surface area contributed by atoms with E-state index in [4.69, 9.17) is 9.47 Å². The summed E-state index contributed by atoms with van der Waals surface area (Å²) in [5, 5.41) is 0. The van der Waals surface area contributed by atoms with Crippen LogP contribution in [0.5, 0.6) is 0 Å². The lowest BCUT2D eigenvalue weighted by Gasteiger charge is -2.12. The van der Waals surface area contributed by atoms with E-state index in [0.717, 1.165) is 25.7 Å². The minimum atomic E-state index is -0.248. The molecule has 4 heteroatoms. The minimum absolute atomic E-state index is 0.0450. The van der Waals surface area contributed by atoms with Gasteiger partial charge in [0.05, 0.1) is 12.7 Å². The van der Waals surface area contributed by atoms with Gasteiger partial charge in [-0.15, -0.1) is 0 Å². The van der Waals surface area contributed by atoms with Crippen molar-refractivity contribution in [3.05, 3.63) is 0 Å². The molecule has 1 atom stereocenters. The first-order valence-corrected chi connectivity index (χ1v) is 5.89. The van der Waals surface area contributed by atoms with Gasteiger partial charge in [0.2, 0.25) is 0 Å². The molecule has 0 aliphatic rings. The monoisotopic (exact) mass is 230 g/mol. The van der Waals surface area contributed by atoms with E-state index in [-0.39, 0.29) is 18.0 Å². The molecule has 0 bridgehead atoms. The van der Waals surface area contributed by atoms with Gasteiger partial charge in [0.1, 0.15) is 0 Å². The van der Waals surface area contributed by atoms with Crippen molar-refractivity contribution in [3.63, 3.8) is 0 Å². The summed E-state index contributed by atoms with van der Waals surface area (Å²) in [5.74, 6) is -0.377. The highest BCUT2D eigenvalue weighted by molar-refractivity contribution is 5.69. The molecular formula is C12H22O4. The highest BCUT2D eigenvalue weighted by Gasteiger charge is 2.07. The molecule has 0 aliphatic heterocycles. The number of carbonyl (C=O) groups excluding carboxylic acids is 2. The maximum Gasteiger partial charge on any atom is 0.306 e. The normalized spacial score (nSPS) is 11.9. The van der Waals surface area contributed by atoms with Crippen LogP contribution in [0.25, 0.3) is 0 Å². The topological polar surface area (TPSA) is 52.6 Å². The molecular weight excluding hydrogens is 208 g/mol. The Morgan fingerprint density at radius 2 is 1.94 bits per heavy atom. The molecule has 94 valence electrons. The van der Waals surface area contributed by atoms with E-state index in [1.165, 1.54) is 6.92 Å². The van der Waals surface area contributed by atoms with Crippen LogP contribution in [0.15, 0.2) is 0 Å². The van der Waals surface area contributed by atoms with Crippen LogP contribution in [-0.2, 0) is 19.1 Å². The molecule has 0 aromatic rings. The Hall–Kier alpha value is -1.06. The summed E-state index contributed by atoms with van der Waals surface area (Å²) in [4.78, 5) is 21.6. The molecule has 4 nitrogen and oxygen atoms in total. The van der Waals surface area contributed by atoms with Gasteiger partial charge in [-0.05, 0) is 32.6 Å². The summed E-state index contributed by atoms with van der Waals surface area (Å²) in [6, 6.07) is 0. The van der Waals surface area contributed by atoms with Crippen LogP contribution in [0.3, 0.4) is 0 Å². The number of carbonyl (C=O) groups is 2. The lowest BCUT2D eigenvalue weighted by Crippen LogP contribution is -2.14. The fraction of sp³-hybridized carbons (Fsp3) is 0.833. The lowest BCUT2D eigenvalue weighted by molar-refractivity contribution is -0.148. The van der Waals surface area contributed by atoms with Crippen LogP contribution < -0.4 is 0 Å². The van der Waals surface area contributed by atoms with Crippen molar-refractivity contribution in [3.8, 4) is 0 Å². The third-order valence-corrected chi connectivity index (χ3v) is 2.10. The van der Waals surface area contributed by atoms with Crippen molar-refractivity contribution >= 4 is 11.9 Å². The van der Waals surface area contributed by atoms with Crippen molar-refractivity contribution in [2.75, 3.05) is 6.61 Å². The fourth-order valence-electron chi connectivity index (χ4n) is 1.30. The zero-order chi connectivity index (χ0) is 12.4. The van der Waals surface area contributed by atoms with Crippen LogP contribution in [0.2, 0.25) is 0 Å². The van der Waals surface area contributed by atoms with E-state index < -0.39 is 0 Å². The Bertz CT molecular complexity index is 213. The molecule has 0 rings (SSSR count). The smallest absolute Gasteiger partial charge is 0.306 e. The summed E-state index contributed by atoms with van der Waals surface area (Å²) in [6.07, 6.45) is 3.78. The molecule has 0 radical (unpaired) electrons. The molecule has 0 aliphatic carbocycles. The summed E-state index contributed by atoms with van der Waals surface area (Å²) in [5.41, 5.74) is 0. The van der Waals surface area contributed by atoms with E-state index in [1.54, 1.807) is 0 Å². The van der Waals surface area contributed by atoms with Gasteiger partial charge < -0.3 is 9.47 Å². The van der Waals surface area contributed by atoms with E-state index >= 15 is 0 Å². The number of esters is 2. The number of ether oxygens (including phenoxy) is 2. The van der Waals surface area contributed by atoms with Crippen LogP contribution in [0, 0.1) is 0 Å². The van der Waals surface area contributed by atoms with Crippen molar-refractivity contribution in [2.45, 2.75) is 59.0 Å². The molecule has 0 spiro atoms. The zero-order valence-corrected chi connectivity index (χ0v) is 10.5. The van der Waals surface area contributed by atoms with Gasteiger partial charge in [-0.2, -0.15) is 0 Å². The number of hydrogen-bond acceptors (Lipinski definition) is 4. The molecule has 0 saturated carbocycles. The first-order chi connectivity index (χ1) is 7.56. The Morgan fingerprint density at radius 3 is 2.50 bits per heavy atom. The van der Waals surface area contributed by atoms with Gasteiger partial charge in [-0.3, -0.25) is 9.59 Å². The average Bonchev–Trinajstić information content (AvgIpc) is 2.16. The molecule has 1 unspecified atom stereocenters. The van der Waals surface area contributed by atoms with E-state index in [1.807, 2.05) is 13.8 Å². The highest BCUT2D eigenvalue weighted by Crippen LogP contribution is 2.06. The van der Waals surface area contributed by atoms with Crippen LogP contribution >= 0.6 is 0 Å². The fourth-order valence-corrected chi connectivity index (χ4v) is 1.30. The molecule has 0 saturated heterocycles. The van der Waals surface area contributed by atoms with Crippen molar-refractivity contribution in [1.29, 1.82) is 0 Å². The molecule has 0 heterocycles. The standard InChI is InChI=1S/C12H22O4/c1-4-7-12(14)16-10(2)8-5-6-9-15-11(3)13/h10H,4-9H2,1-3H3. The molecule has 16 heavy (non-hydrogen) atoms. The summed E-state index contributed by atoms with van der Waals surface area (Å²) >= 11 is 0. The van der Waals surface area contributed by atoms with Crippen molar-refractivity contribution in [2.24, 2.45) is 0 Å². The largest absolute Gasteiger partial charge is 0.466 e. The van der Waals surface area contributed by atoms with Crippen molar-refractivity contribution in [1.82, 2.24) is 0 Å². The van der Waals surface area contributed by atoms with Crippen LogP contribution in [0.4, 0.5) is 0 Å². The second kappa shape index (κ2) is 9.19. The second-order valence-electron chi connectivity index (χ2n) is 3.89. The Balaban J connectivity index is 3.39. The second-order valence-corrected chi connectivity index (χ2v) is 3.89. The first-order valence-electron chi connectivity index (χ1n) is 5.89. The number of unbranched alkanes of at least 4 members (excludes halogenated alkanes) is 1. The zero-order valence-electron chi connectivity index (χ0n) is 10.5. The number of hydrogen-bond donors (Lipinski definition) is 0. The average molecular weight is 230 g/mol. The van der Waals surface area contributed by atoms with E-state index in [2.05, 4.69) is 0 Å². The van der Waals surface area contributed by atoms with Gasteiger partial charge in [-0.1, -0.05) is 6.92 Å². The SMILES string of the molecule is CCCC(=O)OC(C)CCCCOC(C)=O. The summed E-state index contributed by atoms with van der Waals surface area (Å²) in [6.45, 7) is 5.69. The molecule has 0 aromatic heterocycles. The lowest BCUT2D eigenvalue weighted by atomic mass is 10.2. The summed E-state index contributed by atoms with van der Waals surface area (Å²) < 4.78 is 9.97. The predicted octanol–water partition coefficient (Wildman–Crippen LogP) is 2.45. The van der Waals surface area contributed by atoms with Gasteiger partial charge >= 0.3 is 11.9 Å². The Labute approximate surface area is 97.3 Å². The quantitative estimate of drug-likeness (QED) is 0.475. The highest BCUT2D eigenvalue weighted by atomic mass is 16.5. The first kappa shape index (κ1) is 14.9. The number of rotatable bonds is 8. The maximum atomic E-state index is 11.1. The molecule has 0 fully saturated rings. The Kier molecular flexibility index (Phi) is 8.58. The summed E-state index contributed by atoms with van der Waals surface area (Å²) in [7, 11) is 0. The van der Waals surface area contributed by atoms with E-state index in [9.17, 15) is 9.59 Å². The molecule has 0 aromatic carbocycles. The Morgan fingerprint density at radius 1 is 1.25 bits per heavy atom. The third-order valence-electron chi connectivity index (χ3n) is 2.10. The van der Waals surface area contributed by atoms with Gasteiger partial charge in [0.25, 0.3) is 0 Å². The van der Waals surface area contributed by atoms with E-state index in [0.29, 0.717) is 13.0 Å². The maximum absolute atomic E-state index is 11.1. The van der Waals surface area contributed by atoms with Crippen molar-refractivity contribution < 1.29 is 19.1 Å². The minimum Gasteiger partial charge on any atom is -0.466 e. The predicted molar refractivity (Wildman–Crippen MR) is 60.9 cm³/mol. The third kappa shape index (κ3) is 9.49. The van der Waals surface area contributed by atoms with Crippen LogP contribution in [0.1, 0.15) is 52.9 Å². The van der Waals surface area contributed by atoms with Gasteiger partial charge in [0.15, 0.2) is 0 Å². The molecule has 0 N–H and O–H groups in total. The molecule has 0 amide bonds.